The van der Waals surface area contributed by atoms with Gasteiger partial charge < -0.3 is 14.9 Å². The van der Waals surface area contributed by atoms with Crippen LogP contribution < -0.4 is 4.90 Å². The van der Waals surface area contributed by atoms with Gasteiger partial charge in [0.25, 0.3) is 5.91 Å². The first-order valence-corrected chi connectivity index (χ1v) is 10.5. The Morgan fingerprint density at radius 1 is 1.14 bits per heavy atom. The van der Waals surface area contributed by atoms with Gasteiger partial charge in [0.2, 0.25) is 5.95 Å². The molecule has 0 aliphatic carbocycles. The van der Waals surface area contributed by atoms with E-state index < -0.39 is 5.60 Å². The molecule has 3 heterocycles. The lowest BCUT2D eigenvalue weighted by atomic mass is 9.92. The minimum atomic E-state index is -0.997. The minimum Gasteiger partial charge on any atom is -0.383 e. The third kappa shape index (κ3) is 3.99. The van der Waals surface area contributed by atoms with Gasteiger partial charge in [-0.15, -0.1) is 0 Å². The summed E-state index contributed by atoms with van der Waals surface area (Å²) in [5, 5.41) is 11.1. The smallest absolute Gasteiger partial charge is 0.257 e. The first-order chi connectivity index (χ1) is 13.9. The Labute approximate surface area is 172 Å². The lowest BCUT2D eigenvalue weighted by molar-refractivity contribution is 0.0417. The number of likely N-dealkylation sites (tertiary alicyclic amines) is 1. The highest BCUT2D eigenvalue weighted by Gasteiger charge is 2.40. The Bertz CT molecular complexity index is 890. The highest BCUT2D eigenvalue weighted by molar-refractivity contribution is 5.95. The number of nitrogens with zero attached hydrogens (tertiary/aromatic N) is 4. The van der Waals surface area contributed by atoms with E-state index in [1.165, 1.54) is 0 Å². The molecule has 0 unspecified atom stereocenters. The van der Waals surface area contributed by atoms with Crippen molar-refractivity contribution < 1.29 is 9.90 Å². The van der Waals surface area contributed by atoms with Gasteiger partial charge in [-0.1, -0.05) is 36.8 Å². The lowest BCUT2D eigenvalue weighted by Gasteiger charge is -2.30. The SMILES string of the molecule is Cc1ccc([C@@]2(O)CCN(C(=O)c3cnc(N4CCC(C)CC4)nc3C)C2)cc1. The maximum absolute atomic E-state index is 13.1. The van der Waals surface area contributed by atoms with Crippen LogP contribution in [0.15, 0.2) is 30.5 Å². The van der Waals surface area contributed by atoms with Crippen LogP contribution in [0.3, 0.4) is 0 Å². The molecule has 1 N–H and O–H groups in total. The Morgan fingerprint density at radius 3 is 2.48 bits per heavy atom. The van der Waals surface area contributed by atoms with Gasteiger partial charge in [-0.25, -0.2) is 9.97 Å². The first kappa shape index (κ1) is 19.8. The number of hydrogen-bond acceptors (Lipinski definition) is 5. The quantitative estimate of drug-likeness (QED) is 0.866. The normalized spacial score (nSPS) is 22.9. The second-order valence-electron chi connectivity index (χ2n) is 8.71. The van der Waals surface area contributed by atoms with E-state index in [0.717, 1.165) is 43.0 Å². The summed E-state index contributed by atoms with van der Waals surface area (Å²) in [5.74, 6) is 1.35. The number of anilines is 1. The average molecular weight is 395 g/mol. The summed E-state index contributed by atoms with van der Waals surface area (Å²) < 4.78 is 0. The number of hydrogen-bond donors (Lipinski definition) is 1. The number of amides is 1. The van der Waals surface area contributed by atoms with Gasteiger partial charge in [-0.2, -0.15) is 0 Å². The second-order valence-corrected chi connectivity index (χ2v) is 8.71. The summed E-state index contributed by atoms with van der Waals surface area (Å²) in [4.78, 5) is 26.1. The van der Waals surface area contributed by atoms with E-state index in [4.69, 9.17) is 0 Å². The molecule has 0 saturated carbocycles. The molecule has 6 heteroatoms. The number of carbonyl (C=O) groups excluding carboxylic acids is 1. The van der Waals surface area contributed by atoms with Crippen molar-refractivity contribution in [3.05, 3.63) is 52.8 Å². The van der Waals surface area contributed by atoms with E-state index in [1.807, 2.05) is 38.1 Å². The molecule has 29 heavy (non-hydrogen) atoms. The predicted octanol–water partition coefficient (Wildman–Crippen LogP) is 3.06. The largest absolute Gasteiger partial charge is 0.383 e. The molecule has 1 amide bonds. The Morgan fingerprint density at radius 2 is 1.83 bits per heavy atom. The molecule has 2 aliphatic heterocycles. The fraction of sp³-hybridized carbons (Fsp3) is 0.522. The van der Waals surface area contributed by atoms with Crippen molar-refractivity contribution in [1.82, 2.24) is 14.9 Å². The van der Waals surface area contributed by atoms with Crippen molar-refractivity contribution >= 4 is 11.9 Å². The first-order valence-electron chi connectivity index (χ1n) is 10.5. The van der Waals surface area contributed by atoms with E-state index in [9.17, 15) is 9.90 Å². The van der Waals surface area contributed by atoms with E-state index in [0.29, 0.717) is 36.7 Å². The molecule has 2 aliphatic rings. The van der Waals surface area contributed by atoms with Crippen LogP contribution in [0.25, 0.3) is 0 Å². The standard InChI is InChI=1S/C23H30N4O2/c1-16-4-6-19(7-5-16)23(29)10-13-27(15-23)21(28)20-14-24-22(25-18(20)3)26-11-8-17(2)9-12-26/h4-7,14,17,29H,8-13,15H2,1-3H3/t23-/m1/s1. The van der Waals surface area contributed by atoms with Crippen molar-refractivity contribution in [2.75, 3.05) is 31.1 Å². The molecule has 1 atom stereocenters. The maximum Gasteiger partial charge on any atom is 0.257 e. The summed E-state index contributed by atoms with van der Waals surface area (Å²) in [6, 6.07) is 7.89. The number of benzene rings is 1. The van der Waals surface area contributed by atoms with Crippen LogP contribution in [0.2, 0.25) is 0 Å². The number of piperidine rings is 1. The molecule has 2 aromatic rings. The molecule has 1 aromatic heterocycles. The molecule has 4 rings (SSSR count). The fourth-order valence-corrected chi connectivity index (χ4v) is 4.26. The third-order valence-electron chi connectivity index (χ3n) is 6.39. The van der Waals surface area contributed by atoms with Crippen molar-refractivity contribution in [2.45, 2.75) is 45.6 Å². The number of rotatable bonds is 3. The number of aliphatic hydroxyl groups is 1. The van der Waals surface area contributed by atoms with Gasteiger partial charge in [0, 0.05) is 25.8 Å². The van der Waals surface area contributed by atoms with Crippen LogP contribution in [-0.2, 0) is 5.60 Å². The molecule has 0 bridgehead atoms. The molecule has 2 saturated heterocycles. The molecule has 0 radical (unpaired) electrons. The van der Waals surface area contributed by atoms with E-state index in [-0.39, 0.29) is 5.91 Å². The molecule has 2 fully saturated rings. The van der Waals surface area contributed by atoms with Crippen LogP contribution >= 0.6 is 0 Å². The monoisotopic (exact) mass is 394 g/mol. The zero-order chi connectivity index (χ0) is 20.6. The maximum atomic E-state index is 13.1. The highest BCUT2D eigenvalue weighted by Crippen LogP contribution is 2.33. The molecule has 1 aromatic carbocycles. The highest BCUT2D eigenvalue weighted by atomic mass is 16.3. The number of carbonyl (C=O) groups is 1. The number of aromatic nitrogens is 2. The van der Waals surface area contributed by atoms with Crippen LogP contribution in [0, 0.1) is 19.8 Å². The van der Waals surface area contributed by atoms with Gasteiger partial charge in [0.1, 0.15) is 5.60 Å². The molecular formula is C23H30N4O2. The summed E-state index contributed by atoms with van der Waals surface area (Å²) >= 11 is 0. The van der Waals surface area contributed by atoms with Gasteiger partial charge in [-0.05, 0) is 44.6 Å². The summed E-state index contributed by atoms with van der Waals surface area (Å²) in [6.07, 6.45) is 4.48. The van der Waals surface area contributed by atoms with Crippen molar-refractivity contribution in [1.29, 1.82) is 0 Å². The minimum absolute atomic E-state index is 0.107. The fourth-order valence-electron chi connectivity index (χ4n) is 4.26. The summed E-state index contributed by atoms with van der Waals surface area (Å²) in [5.41, 5.74) is 2.24. The van der Waals surface area contributed by atoms with Gasteiger partial charge >= 0.3 is 0 Å². The number of aryl methyl sites for hydroxylation is 2. The van der Waals surface area contributed by atoms with Crippen LogP contribution in [0.4, 0.5) is 5.95 Å². The topological polar surface area (TPSA) is 69.6 Å². The Kier molecular flexibility index (Phi) is 5.30. The molecule has 6 nitrogen and oxygen atoms in total. The number of β-amino-alcohol motifs (C(OH)–C–C–N with tert-alkyl or cyclic N) is 1. The predicted molar refractivity (Wildman–Crippen MR) is 113 cm³/mol. The zero-order valence-electron chi connectivity index (χ0n) is 17.6. The van der Waals surface area contributed by atoms with Crippen LogP contribution in [0.5, 0.6) is 0 Å². The van der Waals surface area contributed by atoms with Gasteiger partial charge in [0.15, 0.2) is 0 Å². The molecule has 0 spiro atoms. The average Bonchev–Trinajstić information content (AvgIpc) is 3.12. The Balaban J connectivity index is 1.48. The molecule has 154 valence electrons. The zero-order valence-corrected chi connectivity index (χ0v) is 17.6. The van der Waals surface area contributed by atoms with Gasteiger partial charge in [-0.3, -0.25) is 4.79 Å². The van der Waals surface area contributed by atoms with Crippen molar-refractivity contribution in [2.24, 2.45) is 5.92 Å². The van der Waals surface area contributed by atoms with Crippen LogP contribution in [0.1, 0.15) is 53.4 Å². The third-order valence-corrected chi connectivity index (χ3v) is 6.39. The van der Waals surface area contributed by atoms with E-state index in [2.05, 4.69) is 21.8 Å². The second kappa shape index (κ2) is 7.75. The summed E-state index contributed by atoms with van der Waals surface area (Å²) in [7, 11) is 0. The summed E-state index contributed by atoms with van der Waals surface area (Å²) in [6.45, 7) is 8.91. The van der Waals surface area contributed by atoms with Crippen LogP contribution in [-0.4, -0.2) is 52.1 Å². The van der Waals surface area contributed by atoms with Crippen molar-refractivity contribution in [3.63, 3.8) is 0 Å². The van der Waals surface area contributed by atoms with E-state index >= 15 is 0 Å². The molecular weight excluding hydrogens is 364 g/mol. The lowest BCUT2D eigenvalue weighted by Crippen LogP contribution is -2.36. The Hall–Kier alpha value is -2.47. The van der Waals surface area contributed by atoms with Gasteiger partial charge in [0.05, 0.1) is 17.8 Å². The van der Waals surface area contributed by atoms with E-state index in [1.54, 1.807) is 11.1 Å². The van der Waals surface area contributed by atoms with Crippen molar-refractivity contribution in [3.8, 4) is 0 Å².